The average Bonchev–Trinajstić information content (AvgIpc) is 2.45. The zero-order chi connectivity index (χ0) is 15.2. The van der Waals surface area contributed by atoms with Crippen molar-refractivity contribution in [1.29, 1.82) is 0 Å². The molecule has 5 nitrogen and oxygen atoms in total. The van der Waals surface area contributed by atoms with Crippen LogP contribution >= 0.6 is 11.6 Å². The molecule has 0 unspecified atom stereocenters. The van der Waals surface area contributed by atoms with E-state index in [0.29, 0.717) is 23.0 Å². The number of nitrogens with one attached hydrogen (secondary N) is 1. The predicted octanol–water partition coefficient (Wildman–Crippen LogP) is 1.62. The first-order valence-electron chi connectivity index (χ1n) is 7.38. The summed E-state index contributed by atoms with van der Waals surface area (Å²) in [7, 11) is 0. The van der Waals surface area contributed by atoms with E-state index in [-0.39, 0.29) is 12.0 Å². The summed E-state index contributed by atoms with van der Waals surface area (Å²) in [6.07, 6.45) is 2.47. The number of nitrogens with zero attached hydrogens (tertiary/aromatic N) is 2. The molecule has 0 bridgehead atoms. The number of halogens is 1. The number of aliphatic hydroxyl groups is 1. The maximum absolute atomic E-state index is 12.0. The Balaban J connectivity index is 1.69. The first-order chi connectivity index (χ1) is 10.1. The molecule has 2 N–H and O–H groups in total. The summed E-state index contributed by atoms with van der Waals surface area (Å²) in [6.45, 7) is 5.25. The second kappa shape index (κ2) is 7.73. The van der Waals surface area contributed by atoms with Crippen LogP contribution in [0, 0.1) is 6.92 Å². The van der Waals surface area contributed by atoms with Crippen LogP contribution < -0.4 is 5.32 Å². The van der Waals surface area contributed by atoms with Crippen molar-refractivity contribution in [3.8, 4) is 0 Å². The number of hydrogen-bond donors (Lipinski definition) is 2. The zero-order valence-electron chi connectivity index (χ0n) is 12.3. The Kier molecular flexibility index (Phi) is 5.96. The molecule has 1 aliphatic heterocycles. The summed E-state index contributed by atoms with van der Waals surface area (Å²) in [5.41, 5.74) is 1.21. The van der Waals surface area contributed by atoms with E-state index in [1.165, 1.54) is 0 Å². The summed E-state index contributed by atoms with van der Waals surface area (Å²) in [4.78, 5) is 18.4. The van der Waals surface area contributed by atoms with Crippen LogP contribution in [0.2, 0.25) is 5.15 Å². The number of aryl methyl sites for hydroxylation is 1. The van der Waals surface area contributed by atoms with Crippen molar-refractivity contribution >= 4 is 17.5 Å². The predicted molar refractivity (Wildman–Crippen MR) is 82.6 cm³/mol. The minimum Gasteiger partial charge on any atom is -0.393 e. The van der Waals surface area contributed by atoms with Crippen molar-refractivity contribution < 1.29 is 9.90 Å². The van der Waals surface area contributed by atoms with Crippen molar-refractivity contribution in [2.45, 2.75) is 32.3 Å². The number of rotatable bonds is 5. The molecule has 0 aromatic carbocycles. The normalized spacial score (nSPS) is 16.9. The summed E-state index contributed by atoms with van der Waals surface area (Å²) in [6, 6.07) is 3.33. The molecule has 0 radical (unpaired) electrons. The molecule has 21 heavy (non-hydrogen) atoms. The van der Waals surface area contributed by atoms with Crippen LogP contribution in [0.1, 0.15) is 35.3 Å². The molecule has 1 saturated heterocycles. The highest BCUT2D eigenvalue weighted by molar-refractivity contribution is 6.29. The van der Waals surface area contributed by atoms with Crippen LogP contribution in [0.5, 0.6) is 0 Å². The molecule has 1 aliphatic rings. The standard InChI is InChI=1S/C15H22ClN3O2/c1-11-13(3-4-14(16)18-11)15(21)17-7-2-8-19-9-5-12(20)6-10-19/h3-4,12,20H,2,5-10H2,1H3,(H,17,21). The van der Waals surface area contributed by atoms with Crippen LogP contribution in [0.25, 0.3) is 0 Å². The van der Waals surface area contributed by atoms with Gasteiger partial charge in [-0.05, 0) is 44.9 Å². The molecule has 0 atom stereocenters. The number of amides is 1. The average molecular weight is 312 g/mol. The lowest BCUT2D eigenvalue weighted by molar-refractivity contribution is 0.0816. The van der Waals surface area contributed by atoms with Crippen LogP contribution in [-0.2, 0) is 0 Å². The lowest BCUT2D eigenvalue weighted by Crippen LogP contribution is -2.37. The molecule has 0 spiro atoms. The molecule has 1 aromatic rings. The van der Waals surface area contributed by atoms with Gasteiger partial charge in [0.1, 0.15) is 5.15 Å². The molecule has 2 rings (SSSR count). The van der Waals surface area contributed by atoms with Gasteiger partial charge in [0.15, 0.2) is 0 Å². The largest absolute Gasteiger partial charge is 0.393 e. The summed E-state index contributed by atoms with van der Waals surface area (Å²) in [5, 5.41) is 12.8. The van der Waals surface area contributed by atoms with Gasteiger partial charge in [-0.1, -0.05) is 11.6 Å². The zero-order valence-corrected chi connectivity index (χ0v) is 13.1. The molecule has 0 saturated carbocycles. The van der Waals surface area contributed by atoms with Crippen LogP contribution in [0.4, 0.5) is 0 Å². The lowest BCUT2D eigenvalue weighted by atomic mass is 10.1. The van der Waals surface area contributed by atoms with Gasteiger partial charge >= 0.3 is 0 Å². The number of pyridine rings is 1. The van der Waals surface area contributed by atoms with Gasteiger partial charge in [0.2, 0.25) is 0 Å². The van der Waals surface area contributed by atoms with Crippen LogP contribution in [0.15, 0.2) is 12.1 Å². The number of aromatic nitrogens is 1. The Bertz CT molecular complexity index is 488. The Hall–Kier alpha value is -1.17. The van der Waals surface area contributed by atoms with Gasteiger partial charge < -0.3 is 15.3 Å². The molecular formula is C15H22ClN3O2. The second-order valence-corrected chi connectivity index (χ2v) is 5.84. The fourth-order valence-corrected chi connectivity index (χ4v) is 2.70. The maximum Gasteiger partial charge on any atom is 0.253 e. The third-order valence-electron chi connectivity index (χ3n) is 3.79. The number of carbonyl (C=O) groups excluding carboxylic acids is 1. The maximum atomic E-state index is 12.0. The van der Waals surface area contributed by atoms with E-state index in [0.717, 1.165) is 38.9 Å². The van der Waals surface area contributed by atoms with Gasteiger partial charge in [0, 0.05) is 19.6 Å². The Morgan fingerprint density at radius 3 is 2.86 bits per heavy atom. The van der Waals surface area contributed by atoms with Crippen LogP contribution in [0.3, 0.4) is 0 Å². The van der Waals surface area contributed by atoms with Crippen LogP contribution in [-0.4, -0.2) is 53.2 Å². The third kappa shape index (κ3) is 4.95. The van der Waals surface area contributed by atoms with Crippen molar-refractivity contribution in [3.05, 3.63) is 28.5 Å². The minimum atomic E-state index is -0.138. The highest BCUT2D eigenvalue weighted by atomic mass is 35.5. The summed E-state index contributed by atoms with van der Waals surface area (Å²) >= 11 is 5.78. The van der Waals surface area contributed by atoms with E-state index in [1.807, 2.05) is 0 Å². The Labute approximate surface area is 130 Å². The number of likely N-dealkylation sites (tertiary alicyclic amines) is 1. The molecule has 6 heteroatoms. The third-order valence-corrected chi connectivity index (χ3v) is 4.00. The molecular weight excluding hydrogens is 290 g/mol. The second-order valence-electron chi connectivity index (χ2n) is 5.45. The fraction of sp³-hybridized carbons (Fsp3) is 0.600. The molecule has 1 aromatic heterocycles. The summed E-state index contributed by atoms with van der Waals surface area (Å²) < 4.78 is 0. The Morgan fingerprint density at radius 1 is 1.48 bits per heavy atom. The van der Waals surface area contributed by atoms with Gasteiger partial charge in [-0.2, -0.15) is 0 Å². The molecule has 1 fully saturated rings. The van der Waals surface area contributed by atoms with Crippen molar-refractivity contribution in [2.24, 2.45) is 0 Å². The number of hydrogen-bond acceptors (Lipinski definition) is 4. The molecule has 2 heterocycles. The highest BCUT2D eigenvalue weighted by Gasteiger charge is 2.16. The van der Waals surface area contributed by atoms with Gasteiger partial charge in [0.25, 0.3) is 5.91 Å². The first-order valence-corrected chi connectivity index (χ1v) is 7.76. The lowest BCUT2D eigenvalue weighted by Gasteiger charge is -2.29. The van der Waals surface area contributed by atoms with Gasteiger partial charge in [-0.25, -0.2) is 4.98 Å². The summed E-state index contributed by atoms with van der Waals surface area (Å²) in [5.74, 6) is -0.106. The van der Waals surface area contributed by atoms with E-state index in [1.54, 1.807) is 19.1 Å². The molecule has 116 valence electrons. The van der Waals surface area contributed by atoms with Gasteiger partial charge in [-0.3, -0.25) is 4.79 Å². The van der Waals surface area contributed by atoms with Gasteiger partial charge in [0.05, 0.1) is 17.4 Å². The monoisotopic (exact) mass is 311 g/mol. The first kappa shape index (κ1) is 16.2. The Morgan fingerprint density at radius 2 is 2.19 bits per heavy atom. The minimum absolute atomic E-state index is 0.106. The quantitative estimate of drug-likeness (QED) is 0.640. The van der Waals surface area contributed by atoms with E-state index in [9.17, 15) is 9.90 Å². The molecule has 1 amide bonds. The number of piperidine rings is 1. The SMILES string of the molecule is Cc1nc(Cl)ccc1C(=O)NCCCN1CCC(O)CC1. The van der Waals surface area contributed by atoms with E-state index >= 15 is 0 Å². The number of aliphatic hydroxyl groups excluding tert-OH is 1. The van der Waals surface area contributed by atoms with E-state index in [4.69, 9.17) is 11.6 Å². The topological polar surface area (TPSA) is 65.5 Å². The fourth-order valence-electron chi connectivity index (χ4n) is 2.51. The van der Waals surface area contributed by atoms with Crippen molar-refractivity contribution in [2.75, 3.05) is 26.2 Å². The van der Waals surface area contributed by atoms with Gasteiger partial charge in [-0.15, -0.1) is 0 Å². The smallest absolute Gasteiger partial charge is 0.253 e. The highest BCUT2D eigenvalue weighted by Crippen LogP contribution is 2.11. The van der Waals surface area contributed by atoms with Crippen molar-refractivity contribution in [1.82, 2.24) is 15.2 Å². The van der Waals surface area contributed by atoms with E-state index < -0.39 is 0 Å². The molecule has 0 aliphatic carbocycles. The van der Waals surface area contributed by atoms with E-state index in [2.05, 4.69) is 15.2 Å². The van der Waals surface area contributed by atoms with Crippen molar-refractivity contribution in [3.63, 3.8) is 0 Å². The number of carbonyl (C=O) groups is 1.